The van der Waals surface area contributed by atoms with Gasteiger partial charge in [-0.15, -0.1) is 11.3 Å². The summed E-state index contributed by atoms with van der Waals surface area (Å²) in [4.78, 5) is 5.06. The van der Waals surface area contributed by atoms with E-state index in [-0.39, 0.29) is 0 Å². The summed E-state index contributed by atoms with van der Waals surface area (Å²) in [6, 6.07) is 52.7. The van der Waals surface area contributed by atoms with Gasteiger partial charge in [-0.3, -0.25) is 4.98 Å². The fourth-order valence-corrected chi connectivity index (χ4v) is 7.88. The number of nitrogens with zero attached hydrogens (tertiary/aromatic N) is 1. The Labute approximate surface area is 253 Å². The van der Waals surface area contributed by atoms with E-state index in [0.717, 1.165) is 16.8 Å². The summed E-state index contributed by atoms with van der Waals surface area (Å²) >= 11 is 1.86. The summed E-state index contributed by atoms with van der Waals surface area (Å²) < 4.78 is 2.63. The molecule has 0 radical (unpaired) electrons. The summed E-state index contributed by atoms with van der Waals surface area (Å²) in [5.41, 5.74) is 7.00. The lowest BCUT2D eigenvalue weighted by molar-refractivity contribution is 1.33. The minimum Gasteiger partial charge on any atom is -0.256 e. The Morgan fingerprint density at radius 1 is 0.395 bits per heavy atom. The van der Waals surface area contributed by atoms with Crippen molar-refractivity contribution in [1.29, 1.82) is 0 Å². The number of pyridine rings is 1. The molecule has 200 valence electrons. The molecule has 9 rings (SSSR count). The molecule has 0 atom stereocenters. The summed E-state index contributed by atoms with van der Waals surface area (Å²) in [7, 11) is 0. The molecule has 0 bridgehead atoms. The van der Waals surface area contributed by atoms with Crippen LogP contribution in [0.3, 0.4) is 0 Å². The molecule has 0 unspecified atom stereocenters. The van der Waals surface area contributed by atoms with Gasteiger partial charge in [-0.05, 0) is 73.3 Å². The maximum atomic E-state index is 5.06. The van der Waals surface area contributed by atoms with Crippen LogP contribution in [0.4, 0.5) is 0 Å². The van der Waals surface area contributed by atoms with E-state index < -0.39 is 0 Å². The fraction of sp³-hybridized carbons (Fsp3) is 0. The second-order valence-corrected chi connectivity index (χ2v) is 12.2. The van der Waals surface area contributed by atoms with E-state index in [2.05, 4.69) is 152 Å². The zero-order valence-electron chi connectivity index (χ0n) is 23.3. The van der Waals surface area contributed by atoms with Gasteiger partial charge in [0.05, 0.1) is 5.69 Å². The van der Waals surface area contributed by atoms with Crippen molar-refractivity contribution in [3.05, 3.63) is 152 Å². The highest BCUT2D eigenvalue weighted by Gasteiger charge is 2.17. The average Bonchev–Trinajstić information content (AvgIpc) is 3.46. The van der Waals surface area contributed by atoms with E-state index in [9.17, 15) is 0 Å². The van der Waals surface area contributed by atoms with Gasteiger partial charge in [0.2, 0.25) is 0 Å². The molecule has 0 aliphatic heterocycles. The third-order valence-corrected chi connectivity index (χ3v) is 9.84. The number of rotatable bonds is 3. The van der Waals surface area contributed by atoms with Crippen molar-refractivity contribution in [1.82, 2.24) is 4.98 Å². The van der Waals surface area contributed by atoms with Crippen molar-refractivity contribution < 1.29 is 0 Å². The van der Waals surface area contributed by atoms with Gasteiger partial charge in [0.15, 0.2) is 0 Å². The smallest absolute Gasteiger partial charge is 0.0702 e. The van der Waals surface area contributed by atoms with Crippen molar-refractivity contribution in [2.45, 2.75) is 0 Å². The largest absolute Gasteiger partial charge is 0.256 e. The van der Waals surface area contributed by atoms with E-state index in [1.165, 1.54) is 69.2 Å². The summed E-state index contributed by atoms with van der Waals surface area (Å²) in [5, 5.41) is 10.2. The van der Waals surface area contributed by atoms with Crippen LogP contribution in [0.25, 0.3) is 86.0 Å². The molecule has 0 aliphatic rings. The molecule has 43 heavy (non-hydrogen) atoms. The van der Waals surface area contributed by atoms with Crippen LogP contribution in [0.1, 0.15) is 0 Å². The van der Waals surface area contributed by atoms with Gasteiger partial charge in [-0.25, -0.2) is 0 Å². The predicted molar refractivity (Wildman–Crippen MR) is 186 cm³/mol. The third kappa shape index (κ3) is 3.81. The molecule has 0 spiro atoms. The predicted octanol–water partition coefficient (Wildman–Crippen LogP) is 11.9. The van der Waals surface area contributed by atoms with E-state index >= 15 is 0 Å². The zero-order valence-corrected chi connectivity index (χ0v) is 24.1. The van der Waals surface area contributed by atoms with Crippen LogP contribution in [-0.4, -0.2) is 4.98 Å². The van der Waals surface area contributed by atoms with Crippen molar-refractivity contribution in [3.63, 3.8) is 0 Å². The van der Waals surface area contributed by atoms with Gasteiger partial charge in [0, 0.05) is 37.5 Å². The Hall–Kier alpha value is -5.31. The number of hydrogen-bond acceptors (Lipinski definition) is 2. The standard InChI is InChI=1S/C41H25NS/c1-2-11-27(12-3-1)39-31-14-6-8-16-33(31)40(34-17-9-7-15-32(34)39)29-18-21-36(42-25-29)28-20-22-37-35(24-28)41-30-13-5-4-10-26(30)19-23-38(41)43-37/h1-25H. The summed E-state index contributed by atoms with van der Waals surface area (Å²) in [6.07, 6.45) is 2.05. The lowest BCUT2D eigenvalue weighted by Gasteiger charge is -2.17. The topological polar surface area (TPSA) is 12.9 Å². The summed E-state index contributed by atoms with van der Waals surface area (Å²) in [5.74, 6) is 0. The van der Waals surface area contributed by atoms with Crippen molar-refractivity contribution in [3.8, 4) is 33.5 Å². The van der Waals surface area contributed by atoms with Crippen molar-refractivity contribution in [2.24, 2.45) is 0 Å². The molecule has 0 saturated carbocycles. The van der Waals surface area contributed by atoms with Crippen LogP contribution < -0.4 is 0 Å². The Bertz CT molecular complexity index is 2430. The molecule has 7 aromatic carbocycles. The van der Waals surface area contributed by atoms with E-state index in [0.29, 0.717) is 0 Å². The molecule has 0 fully saturated rings. The first-order chi connectivity index (χ1) is 21.3. The summed E-state index contributed by atoms with van der Waals surface area (Å²) in [6.45, 7) is 0. The highest BCUT2D eigenvalue weighted by atomic mass is 32.1. The van der Waals surface area contributed by atoms with Crippen LogP contribution >= 0.6 is 11.3 Å². The Balaban J connectivity index is 1.22. The zero-order chi connectivity index (χ0) is 28.3. The van der Waals surface area contributed by atoms with Gasteiger partial charge in [-0.1, -0.05) is 121 Å². The number of hydrogen-bond donors (Lipinski definition) is 0. The molecule has 0 amide bonds. The molecule has 0 N–H and O–H groups in total. The van der Waals surface area contributed by atoms with E-state index in [4.69, 9.17) is 4.98 Å². The SMILES string of the molecule is c1ccc(-c2c3ccccc3c(-c3ccc(-c4ccc5sc6ccc7ccccc7c6c5c4)nc3)c3ccccc23)cc1. The third-order valence-electron chi connectivity index (χ3n) is 8.70. The van der Waals surface area contributed by atoms with E-state index in [1.54, 1.807) is 0 Å². The first-order valence-corrected chi connectivity index (χ1v) is 15.4. The number of fused-ring (bicyclic) bond motifs is 7. The first kappa shape index (κ1) is 24.3. The van der Waals surface area contributed by atoms with Crippen LogP contribution in [0.15, 0.2) is 152 Å². The molecule has 1 nitrogen and oxygen atoms in total. The Morgan fingerprint density at radius 3 is 1.65 bits per heavy atom. The number of thiophene rings is 1. The Morgan fingerprint density at radius 2 is 0.977 bits per heavy atom. The lowest BCUT2D eigenvalue weighted by atomic mass is 9.86. The molecular formula is C41H25NS. The van der Waals surface area contributed by atoms with Crippen LogP contribution in [-0.2, 0) is 0 Å². The normalized spacial score (nSPS) is 11.7. The van der Waals surface area contributed by atoms with Crippen LogP contribution in [0, 0.1) is 0 Å². The lowest BCUT2D eigenvalue weighted by Crippen LogP contribution is -1.91. The second-order valence-electron chi connectivity index (χ2n) is 11.1. The maximum Gasteiger partial charge on any atom is 0.0702 e. The highest BCUT2D eigenvalue weighted by molar-refractivity contribution is 7.26. The molecule has 0 aliphatic carbocycles. The first-order valence-electron chi connectivity index (χ1n) is 14.6. The number of aromatic nitrogens is 1. The van der Waals surface area contributed by atoms with Gasteiger partial charge >= 0.3 is 0 Å². The van der Waals surface area contributed by atoms with Gasteiger partial charge in [0.1, 0.15) is 0 Å². The fourth-order valence-electron chi connectivity index (χ4n) is 6.77. The number of benzene rings is 7. The molecular weight excluding hydrogens is 539 g/mol. The molecule has 0 saturated heterocycles. The average molecular weight is 564 g/mol. The maximum absolute atomic E-state index is 5.06. The molecule has 9 aromatic rings. The van der Waals surface area contributed by atoms with Gasteiger partial charge in [-0.2, -0.15) is 0 Å². The second kappa shape index (κ2) is 9.62. The van der Waals surface area contributed by atoms with Gasteiger partial charge in [0.25, 0.3) is 0 Å². The van der Waals surface area contributed by atoms with Crippen molar-refractivity contribution in [2.75, 3.05) is 0 Å². The Kier molecular flexibility index (Phi) is 5.44. The van der Waals surface area contributed by atoms with Crippen LogP contribution in [0.5, 0.6) is 0 Å². The van der Waals surface area contributed by atoms with E-state index in [1.807, 2.05) is 11.3 Å². The van der Waals surface area contributed by atoms with Crippen LogP contribution in [0.2, 0.25) is 0 Å². The quantitative estimate of drug-likeness (QED) is 0.195. The molecule has 2 aromatic heterocycles. The monoisotopic (exact) mass is 563 g/mol. The highest BCUT2D eigenvalue weighted by Crippen LogP contribution is 2.44. The molecule has 2 heteroatoms. The van der Waals surface area contributed by atoms with Gasteiger partial charge < -0.3 is 0 Å². The minimum absolute atomic E-state index is 0.986. The van der Waals surface area contributed by atoms with Crippen molar-refractivity contribution >= 4 is 63.8 Å². The minimum atomic E-state index is 0.986. The molecule has 2 heterocycles.